The summed E-state index contributed by atoms with van der Waals surface area (Å²) in [6.45, 7) is 0. The highest BCUT2D eigenvalue weighted by atomic mass is 32.2. The summed E-state index contributed by atoms with van der Waals surface area (Å²) in [7, 11) is 1.49. The molecule has 0 bridgehead atoms. The lowest BCUT2D eigenvalue weighted by molar-refractivity contribution is 0.401. The van der Waals surface area contributed by atoms with Gasteiger partial charge in [-0.15, -0.1) is 0 Å². The average Bonchev–Trinajstić information content (AvgIpc) is 2.29. The van der Waals surface area contributed by atoms with Gasteiger partial charge in [-0.1, -0.05) is 17.8 Å². The zero-order valence-electron chi connectivity index (χ0n) is 9.05. The predicted molar refractivity (Wildman–Crippen MR) is 63.5 cm³/mol. The molecule has 0 atom stereocenters. The van der Waals surface area contributed by atoms with Crippen LogP contribution in [0.15, 0.2) is 40.5 Å². The highest BCUT2D eigenvalue weighted by Crippen LogP contribution is 2.35. The van der Waals surface area contributed by atoms with E-state index in [-0.39, 0.29) is 11.6 Å². The number of nitrogens with two attached hydrogens (primary N) is 1. The molecular weight excluding hydrogens is 241 g/mol. The van der Waals surface area contributed by atoms with E-state index in [2.05, 4.69) is 9.97 Å². The highest BCUT2D eigenvalue weighted by molar-refractivity contribution is 7.99. The molecule has 1 aromatic carbocycles. The number of nitrogens with zero attached hydrogens (tertiary/aromatic N) is 2. The Morgan fingerprint density at radius 3 is 2.88 bits per heavy atom. The topological polar surface area (TPSA) is 61.0 Å². The Hall–Kier alpha value is -1.82. The van der Waals surface area contributed by atoms with Crippen LogP contribution in [0.25, 0.3) is 0 Å². The van der Waals surface area contributed by atoms with Crippen molar-refractivity contribution in [3.63, 3.8) is 0 Å². The Balaban J connectivity index is 2.33. The molecule has 0 amide bonds. The number of benzene rings is 1. The third kappa shape index (κ3) is 2.65. The van der Waals surface area contributed by atoms with Crippen LogP contribution in [0.4, 0.5) is 10.2 Å². The fraction of sp³-hybridized carbons (Fsp3) is 0.0909. The summed E-state index contributed by atoms with van der Waals surface area (Å²) in [5.41, 5.74) is 5.65. The van der Waals surface area contributed by atoms with E-state index in [9.17, 15) is 4.39 Å². The molecular formula is C11H10FN3OS. The van der Waals surface area contributed by atoms with Gasteiger partial charge < -0.3 is 10.5 Å². The monoisotopic (exact) mass is 251 g/mol. The molecule has 2 N–H and O–H groups in total. The number of hydrogen-bond acceptors (Lipinski definition) is 5. The quantitative estimate of drug-likeness (QED) is 0.848. The van der Waals surface area contributed by atoms with Gasteiger partial charge in [0.1, 0.15) is 17.2 Å². The van der Waals surface area contributed by atoms with Crippen LogP contribution in [0.3, 0.4) is 0 Å². The van der Waals surface area contributed by atoms with Gasteiger partial charge in [0.15, 0.2) is 11.6 Å². The number of nitrogen functional groups attached to an aromatic ring is 1. The first kappa shape index (κ1) is 11.7. The van der Waals surface area contributed by atoms with E-state index in [4.69, 9.17) is 10.5 Å². The Bertz CT molecular complexity index is 536. The molecule has 0 unspecified atom stereocenters. The molecule has 0 aliphatic carbocycles. The predicted octanol–water partition coefficient (Wildman–Crippen LogP) is 2.36. The van der Waals surface area contributed by atoms with Crippen molar-refractivity contribution in [2.45, 2.75) is 9.92 Å². The van der Waals surface area contributed by atoms with E-state index in [0.29, 0.717) is 10.8 Å². The van der Waals surface area contributed by atoms with Gasteiger partial charge in [0.25, 0.3) is 0 Å². The van der Waals surface area contributed by atoms with Crippen molar-refractivity contribution in [3.05, 3.63) is 36.4 Å². The number of hydrogen-bond donors (Lipinski definition) is 1. The molecule has 0 aliphatic heterocycles. The lowest BCUT2D eigenvalue weighted by atomic mass is 10.4. The molecule has 0 radical (unpaired) electrons. The van der Waals surface area contributed by atoms with Crippen molar-refractivity contribution < 1.29 is 9.13 Å². The Morgan fingerprint density at radius 2 is 2.18 bits per heavy atom. The summed E-state index contributed by atoms with van der Waals surface area (Å²) in [4.78, 5) is 8.61. The van der Waals surface area contributed by atoms with Gasteiger partial charge in [-0.25, -0.2) is 14.4 Å². The van der Waals surface area contributed by atoms with E-state index in [1.165, 1.54) is 37.3 Å². The Morgan fingerprint density at radius 1 is 1.35 bits per heavy atom. The first-order valence-electron chi connectivity index (χ1n) is 4.78. The molecule has 1 aromatic heterocycles. The maximum atomic E-state index is 13.0. The number of methoxy groups -OCH3 is 1. The van der Waals surface area contributed by atoms with Gasteiger partial charge in [0.05, 0.1) is 7.11 Å². The van der Waals surface area contributed by atoms with E-state index < -0.39 is 0 Å². The molecule has 4 nitrogen and oxygen atoms in total. The van der Waals surface area contributed by atoms with Crippen LogP contribution in [-0.2, 0) is 0 Å². The normalized spacial score (nSPS) is 10.2. The number of aromatic nitrogens is 2. The molecule has 88 valence electrons. The summed E-state index contributed by atoms with van der Waals surface area (Å²) >= 11 is 1.27. The summed E-state index contributed by atoms with van der Waals surface area (Å²) in [6, 6.07) is 6.22. The molecule has 1 heterocycles. The van der Waals surface area contributed by atoms with Gasteiger partial charge in [-0.2, -0.15) is 0 Å². The van der Waals surface area contributed by atoms with Gasteiger partial charge in [0, 0.05) is 4.90 Å². The Labute approximate surface area is 102 Å². The van der Waals surface area contributed by atoms with Crippen LogP contribution in [0, 0.1) is 5.82 Å². The fourth-order valence-corrected chi connectivity index (χ4v) is 2.20. The van der Waals surface area contributed by atoms with Crippen molar-refractivity contribution in [1.82, 2.24) is 9.97 Å². The molecule has 6 heteroatoms. The smallest absolute Gasteiger partial charge is 0.193 e. The third-order valence-electron chi connectivity index (χ3n) is 2.01. The zero-order chi connectivity index (χ0) is 12.3. The van der Waals surface area contributed by atoms with Crippen LogP contribution in [0.2, 0.25) is 0 Å². The van der Waals surface area contributed by atoms with Crippen LogP contribution in [-0.4, -0.2) is 17.1 Å². The van der Waals surface area contributed by atoms with Crippen molar-refractivity contribution in [2.75, 3.05) is 12.8 Å². The highest BCUT2D eigenvalue weighted by Gasteiger charge is 2.11. The molecule has 0 saturated heterocycles. The van der Waals surface area contributed by atoms with Crippen molar-refractivity contribution in [1.29, 1.82) is 0 Å². The first-order valence-corrected chi connectivity index (χ1v) is 5.60. The molecule has 0 saturated carbocycles. The van der Waals surface area contributed by atoms with Crippen molar-refractivity contribution in [2.24, 2.45) is 0 Å². The summed E-state index contributed by atoms with van der Waals surface area (Å²) in [5, 5.41) is 0.561. The second-order valence-corrected chi connectivity index (χ2v) is 4.22. The number of rotatable bonds is 3. The number of ether oxygens (including phenoxy) is 1. The molecule has 0 fully saturated rings. The number of anilines is 1. The molecule has 2 aromatic rings. The van der Waals surface area contributed by atoms with E-state index >= 15 is 0 Å². The molecule has 0 spiro atoms. The second-order valence-electron chi connectivity index (χ2n) is 3.16. The molecule has 17 heavy (non-hydrogen) atoms. The van der Waals surface area contributed by atoms with E-state index in [1.54, 1.807) is 12.1 Å². The standard InChI is InChI=1S/C11H10FN3OS/c1-16-9-10(13)14-6-15-11(9)17-8-4-2-3-7(12)5-8/h2-6H,1H3,(H2,13,14,15). The van der Waals surface area contributed by atoms with Gasteiger partial charge in [-0.05, 0) is 18.2 Å². The van der Waals surface area contributed by atoms with Gasteiger partial charge in [-0.3, -0.25) is 0 Å². The van der Waals surface area contributed by atoms with Crippen molar-refractivity contribution in [3.8, 4) is 5.75 Å². The van der Waals surface area contributed by atoms with E-state index in [0.717, 1.165) is 4.90 Å². The SMILES string of the molecule is COc1c(N)ncnc1Sc1cccc(F)c1. The minimum Gasteiger partial charge on any atom is -0.490 e. The van der Waals surface area contributed by atoms with Crippen LogP contribution in [0.5, 0.6) is 5.75 Å². The molecule has 2 rings (SSSR count). The fourth-order valence-electron chi connectivity index (χ4n) is 1.28. The maximum Gasteiger partial charge on any atom is 0.193 e. The van der Waals surface area contributed by atoms with Crippen LogP contribution < -0.4 is 10.5 Å². The average molecular weight is 251 g/mol. The van der Waals surface area contributed by atoms with Crippen LogP contribution in [0.1, 0.15) is 0 Å². The third-order valence-corrected chi connectivity index (χ3v) is 2.99. The minimum atomic E-state index is -0.295. The lowest BCUT2D eigenvalue weighted by Gasteiger charge is -2.08. The van der Waals surface area contributed by atoms with Gasteiger partial charge in [0.2, 0.25) is 0 Å². The summed E-state index contributed by atoms with van der Waals surface area (Å²) in [6.07, 6.45) is 1.35. The van der Waals surface area contributed by atoms with Crippen LogP contribution >= 0.6 is 11.8 Å². The van der Waals surface area contributed by atoms with E-state index in [1.807, 2.05) is 0 Å². The number of halogens is 1. The second kappa shape index (κ2) is 5.01. The first-order chi connectivity index (χ1) is 8.20. The molecule has 0 aliphatic rings. The summed E-state index contributed by atoms with van der Waals surface area (Å²) < 4.78 is 18.1. The zero-order valence-corrected chi connectivity index (χ0v) is 9.87. The summed E-state index contributed by atoms with van der Waals surface area (Å²) in [5.74, 6) is 0.374. The van der Waals surface area contributed by atoms with Gasteiger partial charge >= 0.3 is 0 Å². The maximum absolute atomic E-state index is 13.0. The largest absolute Gasteiger partial charge is 0.490 e. The van der Waals surface area contributed by atoms with Crippen molar-refractivity contribution >= 4 is 17.6 Å². The lowest BCUT2D eigenvalue weighted by Crippen LogP contribution is -1.98. The Kier molecular flexibility index (Phi) is 3.43. The minimum absolute atomic E-state index is 0.265.